The zero-order valence-electron chi connectivity index (χ0n) is 15.6. The average molecular weight is 394 g/mol. The van der Waals surface area contributed by atoms with Gasteiger partial charge in [0.25, 0.3) is 0 Å². The molecule has 0 aromatic heterocycles. The van der Waals surface area contributed by atoms with Crippen LogP contribution in [0.5, 0.6) is 0 Å². The highest BCUT2D eigenvalue weighted by Gasteiger charge is 2.19. The summed E-state index contributed by atoms with van der Waals surface area (Å²) in [5, 5.41) is 10.2. The van der Waals surface area contributed by atoms with Crippen molar-refractivity contribution < 1.29 is 19.2 Å². The largest absolute Gasteiger partial charge is 0.611 e. The first-order valence-corrected chi connectivity index (χ1v) is 10.4. The Morgan fingerprint density at radius 1 is 0.964 bits per heavy atom. The monoisotopic (exact) mass is 394 g/mol. The fourth-order valence-electron chi connectivity index (χ4n) is 2.77. The van der Waals surface area contributed by atoms with E-state index < -0.39 is 23.2 Å². The molecule has 0 amide bonds. The molecule has 0 spiro atoms. The van der Waals surface area contributed by atoms with Crippen LogP contribution in [-0.4, -0.2) is 21.4 Å². The Morgan fingerprint density at radius 3 is 2.11 bits per heavy atom. The maximum Gasteiger partial charge on any atom is 0.339 e. The fourth-order valence-corrected chi connectivity index (χ4v) is 3.54. The topological polar surface area (TPSA) is 69.6 Å². The molecule has 144 valence electrons. The van der Waals surface area contributed by atoms with Crippen LogP contribution in [0.2, 0.25) is 0 Å². The number of aliphatic hydroxyl groups excluding tert-OH is 1. The maximum atomic E-state index is 12.1. The fraction of sp³-hybridized carbons (Fsp3) is 0.174. The standard InChI is InChI=1S/C23H22O4S/c1-2-28(26)21-14-12-19(13-15-21)18-8-10-20(11-9-18)22(24)23(25)27-16-17-6-4-3-5-7-17/h3-15,22,24H,2,16H2,1H3. The molecule has 0 saturated carbocycles. The molecular weight excluding hydrogens is 372 g/mol. The molecule has 0 aliphatic carbocycles. The van der Waals surface area contributed by atoms with Crippen LogP contribution >= 0.6 is 0 Å². The summed E-state index contributed by atoms with van der Waals surface area (Å²) in [4.78, 5) is 12.9. The third-order valence-electron chi connectivity index (χ3n) is 4.39. The van der Waals surface area contributed by atoms with Gasteiger partial charge in [0.05, 0.1) is 0 Å². The lowest BCUT2D eigenvalue weighted by molar-refractivity contribution is -0.155. The first-order chi connectivity index (χ1) is 13.6. The van der Waals surface area contributed by atoms with Gasteiger partial charge in [0.15, 0.2) is 11.0 Å². The van der Waals surface area contributed by atoms with Crippen molar-refractivity contribution in [3.8, 4) is 11.1 Å². The second-order valence-corrected chi connectivity index (χ2v) is 8.02. The molecule has 0 heterocycles. The number of hydrogen-bond acceptors (Lipinski definition) is 4. The number of benzene rings is 3. The van der Waals surface area contributed by atoms with E-state index in [1.165, 1.54) is 0 Å². The van der Waals surface area contributed by atoms with Crippen LogP contribution < -0.4 is 0 Å². The van der Waals surface area contributed by atoms with Crippen molar-refractivity contribution in [3.05, 3.63) is 90.0 Å². The Bertz CT molecular complexity index is 892. The van der Waals surface area contributed by atoms with E-state index in [0.717, 1.165) is 21.6 Å². The van der Waals surface area contributed by atoms with Gasteiger partial charge in [-0.3, -0.25) is 0 Å². The number of esters is 1. The van der Waals surface area contributed by atoms with E-state index in [4.69, 9.17) is 4.74 Å². The van der Waals surface area contributed by atoms with E-state index in [2.05, 4.69) is 0 Å². The maximum absolute atomic E-state index is 12.1. The zero-order valence-corrected chi connectivity index (χ0v) is 16.4. The minimum atomic E-state index is -1.33. The highest BCUT2D eigenvalue weighted by molar-refractivity contribution is 7.91. The van der Waals surface area contributed by atoms with E-state index in [0.29, 0.717) is 11.3 Å². The van der Waals surface area contributed by atoms with Crippen molar-refractivity contribution in [2.75, 3.05) is 5.75 Å². The number of carbonyl (C=O) groups excluding carboxylic acids is 1. The SMILES string of the molecule is CC[S+]([O-])c1ccc(-c2ccc(C(O)C(=O)OCc3ccccc3)cc2)cc1. The van der Waals surface area contributed by atoms with Gasteiger partial charge in [0.1, 0.15) is 12.4 Å². The van der Waals surface area contributed by atoms with Gasteiger partial charge in [0, 0.05) is 0 Å². The quantitative estimate of drug-likeness (QED) is 0.480. The van der Waals surface area contributed by atoms with Gasteiger partial charge in [-0.05, 0) is 64.6 Å². The zero-order chi connectivity index (χ0) is 19.9. The van der Waals surface area contributed by atoms with E-state index in [9.17, 15) is 14.5 Å². The van der Waals surface area contributed by atoms with Crippen LogP contribution in [-0.2, 0) is 27.3 Å². The summed E-state index contributed by atoms with van der Waals surface area (Å²) in [5.74, 6) is -0.0882. The molecule has 5 heteroatoms. The number of carbonyl (C=O) groups is 1. The lowest BCUT2D eigenvalue weighted by atomic mass is 10.0. The minimum absolute atomic E-state index is 0.125. The Hall–Kier alpha value is -2.60. The molecule has 2 atom stereocenters. The highest BCUT2D eigenvalue weighted by Crippen LogP contribution is 2.24. The predicted octanol–water partition coefficient (Wildman–Crippen LogP) is 4.26. The van der Waals surface area contributed by atoms with Crippen LogP contribution in [0, 0.1) is 0 Å². The summed E-state index contributed by atoms with van der Waals surface area (Å²) in [7, 11) is 0. The van der Waals surface area contributed by atoms with Gasteiger partial charge < -0.3 is 14.4 Å². The summed E-state index contributed by atoms with van der Waals surface area (Å²) in [5.41, 5.74) is 3.27. The highest BCUT2D eigenvalue weighted by atomic mass is 32.2. The lowest BCUT2D eigenvalue weighted by Gasteiger charge is -2.12. The van der Waals surface area contributed by atoms with Gasteiger partial charge in [-0.25, -0.2) is 4.79 Å². The van der Waals surface area contributed by atoms with Gasteiger partial charge in [0.2, 0.25) is 0 Å². The van der Waals surface area contributed by atoms with E-state index >= 15 is 0 Å². The molecule has 0 aliphatic heterocycles. The molecule has 3 rings (SSSR count). The molecule has 0 saturated heterocycles. The van der Waals surface area contributed by atoms with Crippen LogP contribution in [0.1, 0.15) is 24.2 Å². The molecule has 28 heavy (non-hydrogen) atoms. The predicted molar refractivity (Wildman–Crippen MR) is 110 cm³/mol. The molecule has 1 N–H and O–H groups in total. The minimum Gasteiger partial charge on any atom is -0.611 e. The normalized spacial score (nSPS) is 13.0. The Balaban J connectivity index is 1.63. The molecule has 0 aliphatic rings. The molecule has 0 radical (unpaired) electrons. The molecule has 0 fully saturated rings. The smallest absolute Gasteiger partial charge is 0.339 e. The second kappa shape index (κ2) is 9.55. The van der Waals surface area contributed by atoms with Gasteiger partial charge in [-0.2, -0.15) is 0 Å². The van der Waals surface area contributed by atoms with Crippen molar-refractivity contribution in [2.24, 2.45) is 0 Å². The first kappa shape index (κ1) is 20.1. The van der Waals surface area contributed by atoms with Crippen LogP contribution in [0.4, 0.5) is 0 Å². The van der Waals surface area contributed by atoms with E-state index in [1.54, 1.807) is 12.1 Å². The van der Waals surface area contributed by atoms with Gasteiger partial charge in [-0.15, -0.1) is 0 Å². The summed E-state index contributed by atoms with van der Waals surface area (Å²) < 4.78 is 17.0. The number of aliphatic hydroxyl groups is 1. The van der Waals surface area contributed by atoms with Crippen molar-refractivity contribution in [1.29, 1.82) is 0 Å². The molecule has 0 bridgehead atoms. The molecule has 3 aromatic rings. The summed E-state index contributed by atoms with van der Waals surface area (Å²) in [6, 6.07) is 24.0. The number of rotatable bonds is 7. The molecule has 3 aromatic carbocycles. The summed E-state index contributed by atoms with van der Waals surface area (Å²) >= 11 is -0.971. The van der Waals surface area contributed by atoms with Crippen LogP contribution in [0.15, 0.2) is 83.8 Å². The molecule has 4 nitrogen and oxygen atoms in total. The van der Waals surface area contributed by atoms with E-state index in [1.807, 2.05) is 73.7 Å². The van der Waals surface area contributed by atoms with Gasteiger partial charge >= 0.3 is 5.97 Å². The van der Waals surface area contributed by atoms with E-state index in [-0.39, 0.29) is 6.61 Å². The van der Waals surface area contributed by atoms with Gasteiger partial charge in [-0.1, -0.05) is 54.6 Å². The van der Waals surface area contributed by atoms with Crippen molar-refractivity contribution in [1.82, 2.24) is 0 Å². The number of hydrogen-bond donors (Lipinski definition) is 1. The van der Waals surface area contributed by atoms with Crippen molar-refractivity contribution in [2.45, 2.75) is 24.5 Å². The van der Waals surface area contributed by atoms with Crippen LogP contribution in [0.3, 0.4) is 0 Å². The lowest BCUT2D eigenvalue weighted by Crippen LogP contribution is -2.15. The van der Waals surface area contributed by atoms with Crippen molar-refractivity contribution in [3.63, 3.8) is 0 Å². The molecule has 2 unspecified atom stereocenters. The Labute approximate surface area is 168 Å². The first-order valence-electron chi connectivity index (χ1n) is 9.06. The third-order valence-corrected chi connectivity index (χ3v) is 5.71. The summed E-state index contributed by atoms with van der Waals surface area (Å²) in [6.45, 7) is 2.01. The Kier molecular flexibility index (Phi) is 6.87. The van der Waals surface area contributed by atoms with Crippen LogP contribution in [0.25, 0.3) is 11.1 Å². The third kappa shape index (κ3) is 5.01. The second-order valence-electron chi connectivity index (χ2n) is 6.28. The summed E-state index contributed by atoms with van der Waals surface area (Å²) in [6.07, 6.45) is -1.33. The Morgan fingerprint density at radius 2 is 1.54 bits per heavy atom. The number of ether oxygens (including phenoxy) is 1. The van der Waals surface area contributed by atoms with Crippen molar-refractivity contribution >= 4 is 17.1 Å². The molecular formula is C23H22O4S. The average Bonchev–Trinajstić information content (AvgIpc) is 2.77.